The Kier molecular flexibility index (Phi) is 2.62. The molecule has 0 aliphatic carbocycles. The third kappa shape index (κ3) is 1.90. The van der Waals surface area contributed by atoms with E-state index in [4.69, 9.17) is 0 Å². The van der Waals surface area contributed by atoms with Gasteiger partial charge in [-0.25, -0.2) is 0 Å². The third-order valence-electron chi connectivity index (χ3n) is 2.75. The molecular weight excluding hydrogens is 160 g/mol. The summed E-state index contributed by atoms with van der Waals surface area (Å²) in [6.07, 6.45) is 2.50. The quantitative estimate of drug-likeness (QED) is 0.652. The molecule has 0 bridgehead atoms. The Morgan fingerprint density at radius 3 is 2.69 bits per heavy atom. The van der Waals surface area contributed by atoms with Gasteiger partial charge in [-0.15, -0.1) is 0 Å². The fourth-order valence-corrected chi connectivity index (χ4v) is 2.01. The lowest BCUT2D eigenvalue weighted by Gasteiger charge is -2.27. The molecule has 2 nitrogen and oxygen atoms in total. The maximum Gasteiger partial charge on any atom is 0.104 e. The summed E-state index contributed by atoms with van der Waals surface area (Å²) < 4.78 is 0. The highest BCUT2D eigenvalue weighted by atomic mass is 15.0. The number of benzene rings is 1. The number of nitrogens with one attached hydrogen (secondary N) is 1. The summed E-state index contributed by atoms with van der Waals surface area (Å²) in [7, 11) is 0. The molecule has 1 heterocycles. The van der Waals surface area contributed by atoms with Crippen LogP contribution >= 0.6 is 0 Å². The molecule has 0 spiro atoms. The van der Waals surface area contributed by atoms with Gasteiger partial charge < -0.3 is 11.1 Å². The molecule has 1 aromatic rings. The Morgan fingerprint density at radius 1 is 1.23 bits per heavy atom. The molecule has 1 aliphatic rings. The Hall–Kier alpha value is -0.860. The fraction of sp³-hybridized carbons (Fsp3) is 0.455. The lowest BCUT2D eigenvalue weighted by atomic mass is 9.93. The van der Waals surface area contributed by atoms with Crippen LogP contribution in [0.25, 0.3) is 0 Å². The highest BCUT2D eigenvalue weighted by Crippen LogP contribution is 2.20. The number of piperidine rings is 1. The topological polar surface area (TPSA) is 39.7 Å². The van der Waals surface area contributed by atoms with Gasteiger partial charge >= 0.3 is 0 Å². The second-order valence-corrected chi connectivity index (χ2v) is 3.74. The average Bonchev–Trinajstić information content (AvgIpc) is 2.20. The summed E-state index contributed by atoms with van der Waals surface area (Å²) in [6.45, 7) is 1.13. The largest absolute Gasteiger partial charge is 0.354 e. The molecule has 1 saturated heterocycles. The highest BCUT2D eigenvalue weighted by molar-refractivity contribution is 5.20. The lowest BCUT2D eigenvalue weighted by Crippen LogP contribution is -2.67. The standard InChI is InChI=1S/C11H16N2/c12-10-7-4-8-13-11(10)9-5-2-1-3-6-9/h1-3,5-6,10-11,13H,4,7-8,12H2/p+1. The van der Waals surface area contributed by atoms with Crippen molar-refractivity contribution in [1.29, 1.82) is 0 Å². The zero-order valence-electron chi connectivity index (χ0n) is 7.87. The van der Waals surface area contributed by atoms with E-state index in [0.717, 1.165) is 6.54 Å². The van der Waals surface area contributed by atoms with Gasteiger partial charge in [0.15, 0.2) is 0 Å². The molecule has 2 atom stereocenters. The molecule has 0 amide bonds. The molecule has 0 saturated carbocycles. The highest BCUT2D eigenvalue weighted by Gasteiger charge is 2.25. The molecule has 13 heavy (non-hydrogen) atoms. The van der Waals surface area contributed by atoms with Crippen LogP contribution in [0.5, 0.6) is 0 Å². The van der Waals surface area contributed by atoms with Crippen LogP contribution in [-0.2, 0) is 0 Å². The van der Waals surface area contributed by atoms with E-state index in [1.54, 1.807) is 0 Å². The van der Waals surface area contributed by atoms with Crippen molar-refractivity contribution in [3.05, 3.63) is 35.9 Å². The van der Waals surface area contributed by atoms with Crippen molar-refractivity contribution in [3.63, 3.8) is 0 Å². The molecule has 1 aromatic carbocycles. The minimum Gasteiger partial charge on any atom is -0.354 e. The molecule has 1 fully saturated rings. The smallest absolute Gasteiger partial charge is 0.104 e. The van der Waals surface area contributed by atoms with Crippen LogP contribution in [0, 0.1) is 0 Å². The zero-order valence-corrected chi connectivity index (χ0v) is 7.87. The number of rotatable bonds is 1. The molecule has 70 valence electrons. The maximum atomic E-state index is 4.19. The second-order valence-electron chi connectivity index (χ2n) is 3.74. The van der Waals surface area contributed by atoms with Gasteiger partial charge in [-0.1, -0.05) is 30.3 Å². The monoisotopic (exact) mass is 177 g/mol. The van der Waals surface area contributed by atoms with E-state index in [-0.39, 0.29) is 0 Å². The van der Waals surface area contributed by atoms with Crippen LogP contribution in [-0.4, -0.2) is 12.6 Å². The van der Waals surface area contributed by atoms with Gasteiger partial charge in [0.25, 0.3) is 0 Å². The predicted molar refractivity (Wildman–Crippen MR) is 53.1 cm³/mol. The molecule has 0 radical (unpaired) electrons. The van der Waals surface area contributed by atoms with E-state index in [2.05, 4.69) is 41.4 Å². The lowest BCUT2D eigenvalue weighted by molar-refractivity contribution is -0.431. The van der Waals surface area contributed by atoms with Crippen molar-refractivity contribution in [2.75, 3.05) is 6.54 Å². The first-order valence-corrected chi connectivity index (χ1v) is 4.99. The van der Waals surface area contributed by atoms with Crippen molar-refractivity contribution < 1.29 is 5.73 Å². The van der Waals surface area contributed by atoms with E-state index >= 15 is 0 Å². The molecule has 4 N–H and O–H groups in total. The van der Waals surface area contributed by atoms with Crippen LogP contribution in [0.4, 0.5) is 0 Å². The third-order valence-corrected chi connectivity index (χ3v) is 2.75. The minimum absolute atomic E-state index is 0.468. The minimum atomic E-state index is 0.468. The molecule has 2 heteroatoms. The van der Waals surface area contributed by atoms with Crippen molar-refractivity contribution in [2.24, 2.45) is 0 Å². The summed E-state index contributed by atoms with van der Waals surface area (Å²) in [4.78, 5) is 0. The van der Waals surface area contributed by atoms with E-state index in [9.17, 15) is 0 Å². The summed E-state index contributed by atoms with van der Waals surface area (Å²) in [5.74, 6) is 0. The first-order valence-electron chi connectivity index (χ1n) is 4.99. The van der Waals surface area contributed by atoms with Crippen LogP contribution in [0.2, 0.25) is 0 Å². The Labute approximate surface area is 79.1 Å². The van der Waals surface area contributed by atoms with Crippen LogP contribution in [0.1, 0.15) is 24.4 Å². The van der Waals surface area contributed by atoms with E-state index in [1.165, 1.54) is 18.4 Å². The molecule has 0 aromatic heterocycles. The van der Waals surface area contributed by atoms with Gasteiger partial charge in [0.2, 0.25) is 0 Å². The Bertz CT molecular complexity index is 258. The number of hydrogen-bond donors (Lipinski definition) is 2. The summed E-state index contributed by atoms with van der Waals surface area (Å²) in [6, 6.07) is 11.6. The van der Waals surface area contributed by atoms with Crippen LogP contribution in [0.3, 0.4) is 0 Å². The van der Waals surface area contributed by atoms with E-state index < -0.39 is 0 Å². The maximum absolute atomic E-state index is 4.19. The van der Waals surface area contributed by atoms with Gasteiger partial charge in [0.1, 0.15) is 6.04 Å². The SMILES string of the molecule is [NH3+]C1CCCNC1c1ccccc1. The van der Waals surface area contributed by atoms with Crippen LogP contribution in [0.15, 0.2) is 30.3 Å². The zero-order chi connectivity index (χ0) is 9.10. The molecule has 1 aliphatic heterocycles. The van der Waals surface area contributed by atoms with Crippen molar-refractivity contribution in [3.8, 4) is 0 Å². The second kappa shape index (κ2) is 3.90. The Balaban J connectivity index is 2.15. The van der Waals surface area contributed by atoms with Gasteiger partial charge in [0, 0.05) is 6.42 Å². The number of hydrogen-bond acceptors (Lipinski definition) is 1. The average molecular weight is 177 g/mol. The first kappa shape index (κ1) is 8.73. The van der Waals surface area contributed by atoms with Crippen molar-refractivity contribution in [2.45, 2.75) is 24.9 Å². The summed E-state index contributed by atoms with van der Waals surface area (Å²) in [5, 5.41) is 3.52. The summed E-state index contributed by atoms with van der Waals surface area (Å²) in [5.41, 5.74) is 5.57. The van der Waals surface area contributed by atoms with Gasteiger partial charge in [0.05, 0.1) is 6.04 Å². The van der Waals surface area contributed by atoms with E-state index in [1.807, 2.05) is 0 Å². The Morgan fingerprint density at radius 2 is 2.00 bits per heavy atom. The van der Waals surface area contributed by atoms with Crippen LogP contribution < -0.4 is 11.1 Å². The fourth-order valence-electron chi connectivity index (χ4n) is 2.01. The molecule has 2 unspecified atom stereocenters. The van der Waals surface area contributed by atoms with Gasteiger partial charge in [-0.3, -0.25) is 0 Å². The first-order chi connectivity index (χ1) is 6.38. The summed E-state index contributed by atoms with van der Waals surface area (Å²) >= 11 is 0. The molecule has 2 rings (SSSR count). The van der Waals surface area contributed by atoms with E-state index in [0.29, 0.717) is 12.1 Å². The van der Waals surface area contributed by atoms with Gasteiger partial charge in [-0.05, 0) is 18.5 Å². The predicted octanol–water partition coefficient (Wildman–Crippen LogP) is 0.722. The molecular formula is C11H17N2+. The number of quaternary nitrogens is 1. The van der Waals surface area contributed by atoms with Gasteiger partial charge in [-0.2, -0.15) is 0 Å². The van der Waals surface area contributed by atoms with Crippen molar-refractivity contribution >= 4 is 0 Å². The normalized spacial score (nSPS) is 28.7. The van der Waals surface area contributed by atoms with Crippen molar-refractivity contribution in [1.82, 2.24) is 5.32 Å².